The molecule has 4 heteroatoms. The van der Waals surface area contributed by atoms with Gasteiger partial charge in [0.25, 0.3) is 0 Å². The third-order valence-corrected chi connectivity index (χ3v) is 4.97. The van der Waals surface area contributed by atoms with E-state index in [1.54, 1.807) is 0 Å². The number of hydrogen-bond donors (Lipinski definition) is 2. The predicted octanol–water partition coefficient (Wildman–Crippen LogP) is 1.88. The average Bonchev–Trinajstić information content (AvgIpc) is 2.47. The molecule has 2 aliphatic rings. The van der Waals surface area contributed by atoms with E-state index in [0.717, 1.165) is 19.0 Å². The van der Waals surface area contributed by atoms with Gasteiger partial charge in [-0.2, -0.15) is 0 Å². The van der Waals surface area contributed by atoms with E-state index in [4.69, 9.17) is 5.73 Å². The van der Waals surface area contributed by atoms with Crippen molar-refractivity contribution < 1.29 is 4.79 Å². The minimum absolute atomic E-state index is 0.228. The van der Waals surface area contributed by atoms with Crippen LogP contribution < -0.4 is 11.1 Å². The molecule has 2 unspecified atom stereocenters. The van der Waals surface area contributed by atoms with Crippen molar-refractivity contribution in [2.75, 3.05) is 19.6 Å². The van der Waals surface area contributed by atoms with Crippen molar-refractivity contribution in [3.8, 4) is 0 Å². The van der Waals surface area contributed by atoms with Gasteiger partial charge >= 0.3 is 0 Å². The molecule has 2 atom stereocenters. The van der Waals surface area contributed by atoms with Crippen LogP contribution in [0.1, 0.15) is 58.3 Å². The lowest BCUT2D eigenvalue weighted by Crippen LogP contribution is -2.47. The van der Waals surface area contributed by atoms with Gasteiger partial charge in [-0.15, -0.1) is 0 Å². The van der Waals surface area contributed by atoms with Crippen molar-refractivity contribution in [3.63, 3.8) is 0 Å². The minimum atomic E-state index is 0.228. The van der Waals surface area contributed by atoms with Gasteiger partial charge in [-0.1, -0.05) is 26.2 Å². The van der Waals surface area contributed by atoms with Crippen LogP contribution in [-0.2, 0) is 4.79 Å². The predicted molar refractivity (Wildman–Crippen MR) is 82.4 cm³/mol. The maximum atomic E-state index is 12.0. The Bertz CT molecular complexity index is 302. The number of carbonyl (C=O) groups excluding carboxylic acids is 1. The third kappa shape index (κ3) is 4.74. The van der Waals surface area contributed by atoms with E-state index in [0.29, 0.717) is 25.0 Å². The fourth-order valence-corrected chi connectivity index (χ4v) is 3.63. The number of hydrogen-bond acceptors (Lipinski definition) is 3. The number of carbonyl (C=O) groups is 1. The first kappa shape index (κ1) is 15.8. The SMILES string of the molecule is CC1CCN(CCC(=O)NC2CCCCC2)C(CN)C1. The third-order valence-electron chi connectivity index (χ3n) is 4.97. The molecule has 0 spiro atoms. The highest BCUT2D eigenvalue weighted by atomic mass is 16.1. The van der Waals surface area contributed by atoms with Crippen LogP contribution in [0.15, 0.2) is 0 Å². The highest BCUT2D eigenvalue weighted by molar-refractivity contribution is 5.76. The topological polar surface area (TPSA) is 58.4 Å². The van der Waals surface area contributed by atoms with E-state index < -0.39 is 0 Å². The molecule has 0 radical (unpaired) electrons. The first-order valence-corrected chi connectivity index (χ1v) is 8.42. The van der Waals surface area contributed by atoms with Gasteiger partial charge in [0.2, 0.25) is 5.91 Å². The molecule has 3 N–H and O–H groups in total. The zero-order chi connectivity index (χ0) is 14.4. The Labute approximate surface area is 123 Å². The summed E-state index contributed by atoms with van der Waals surface area (Å²) in [4.78, 5) is 14.5. The Kier molecular flexibility index (Phi) is 6.30. The summed E-state index contributed by atoms with van der Waals surface area (Å²) in [6.45, 7) is 4.98. The molecule has 0 aromatic rings. The molecular weight excluding hydrogens is 250 g/mol. The first-order chi connectivity index (χ1) is 9.69. The number of piperidine rings is 1. The van der Waals surface area contributed by atoms with Crippen molar-refractivity contribution in [1.82, 2.24) is 10.2 Å². The minimum Gasteiger partial charge on any atom is -0.353 e. The van der Waals surface area contributed by atoms with Gasteiger partial charge in [-0.3, -0.25) is 9.69 Å². The van der Waals surface area contributed by atoms with Crippen molar-refractivity contribution >= 4 is 5.91 Å². The van der Waals surface area contributed by atoms with Gasteiger partial charge in [-0.25, -0.2) is 0 Å². The van der Waals surface area contributed by atoms with Gasteiger partial charge in [0, 0.05) is 31.6 Å². The number of nitrogens with one attached hydrogen (secondary N) is 1. The lowest BCUT2D eigenvalue weighted by molar-refractivity contribution is -0.122. The number of nitrogens with two attached hydrogens (primary N) is 1. The van der Waals surface area contributed by atoms with Crippen LogP contribution in [0, 0.1) is 5.92 Å². The smallest absolute Gasteiger partial charge is 0.221 e. The van der Waals surface area contributed by atoms with E-state index >= 15 is 0 Å². The summed E-state index contributed by atoms with van der Waals surface area (Å²) >= 11 is 0. The highest BCUT2D eigenvalue weighted by Crippen LogP contribution is 2.22. The first-order valence-electron chi connectivity index (χ1n) is 8.42. The molecular formula is C16H31N3O. The number of rotatable bonds is 5. The summed E-state index contributed by atoms with van der Waals surface area (Å²) in [6, 6.07) is 0.907. The van der Waals surface area contributed by atoms with Crippen molar-refractivity contribution in [3.05, 3.63) is 0 Å². The van der Waals surface area contributed by atoms with Crippen molar-refractivity contribution in [2.24, 2.45) is 11.7 Å². The van der Waals surface area contributed by atoms with Crippen LogP contribution in [0.5, 0.6) is 0 Å². The van der Waals surface area contributed by atoms with E-state index in [9.17, 15) is 4.79 Å². The molecule has 1 heterocycles. The molecule has 1 amide bonds. The van der Waals surface area contributed by atoms with Crippen molar-refractivity contribution in [2.45, 2.75) is 70.4 Å². The van der Waals surface area contributed by atoms with Gasteiger partial charge in [0.05, 0.1) is 0 Å². The fraction of sp³-hybridized carbons (Fsp3) is 0.938. The summed E-state index contributed by atoms with van der Waals surface area (Å²) in [7, 11) is 0. The number of nitrogens with zero attached hydrogens (tertiary/aromatic N) is 1. The Morgan fingerprint density at radius 2 is 2.00 bits per heavy atom. The lowest BCUT2D eigenvalue weighted by atomic mass is 9.92. The summed E-state index contributed by atoms with van der Waals surface area (Å²) in [5.41, 5.74) is 5.87. The maximum absolute atomic E-state index is 12.0. The summed E-state index contributed by atoms with van der Waals surface area (Å²) in [5, 5.41) is 3.20. The molecule has 1 saturated carbocycles. The van der Waals surface area contributed by atoms with E-state index in [1.165, 1.54) is 44.9 Å². The van der Waals surface area contributed by atoms with Gasteiger partial charge in [0.15, 0.2) is 0 Å². The Balaban J connectivity index is 1.69. The van der Waals surface area contributed by atoms with Crippen molar-refractivity contribution in [1.29, 1.82) is 0 Å². The molecule has 0 aromatic heterocycles. The summed E-state index contributed by atoms with van der Waals surface area (Å²) in [6.07, 6.45) is 9.24. The Morgan fingerprint density at radius 3 is 2.70 bits per heavy atom. The largest absolute Gasteiger partial charge is 0.353 e. The standard InChI is InChI=1S/C16H31N3O/c1-13-7-9-19(15(11-13)12-17)10-8-16(20)18-14-5-3-2-4-6-14/h13-15H,2-12,17H2,1H3,(H,18,20). The van der Waals surface area contributed by atoms with Crippen LogP contribution >= 0.6 is 0 Å². The highest BCUT2D eigenvalue weighted by Gasteiger charge is 2.25. The maximum Gasteiger partial charge on any atom is 0.221 e. The zero-order valence-electron chi connectivity index (χ0n) is 12.9. The molecule has 20 heavy (non-hydrogen) atoms. The second-order valence-corrected chi connectivity index (χ2v) is 6.71. The van der Waals surface area contributed by atoms with Gasteiger partial charge in [-0.05, 0) is 38.1 Å². The molecule has 2 rings (SSSR count). The second kappa shape index (κ2) is 7.99. The van der Waals surface area contributed by atoms with Crippen LogP contribution in [0.3, 0.4) is 0 Å². The van der Waals surface area contributed by atoms with Crippen LogP contribution in [0.4, 0.5) is 0 Å². The van der Waals surface area contributed by atoms with Crippen LogP contribution in [-0.4, -0.2) is 42.5 Å². The summed E-state index contributed by atoms with van der Waals surface area (Å²) in [5.74, 6) is 1.00. The fourth-order valence-electron chi connectivity index (χ4n) is 3.63. The zero-order valence-corrected chi connectivity index (χ0v) is 12.9. The van der Waals surface area contributed by atoms with Crippen LogP contribution in [0.25, 0.3) is 0 Å². The molecule has 0 aromatic carbocycles. The van der Waals surface area contributed by atoms with E-state index in [1.807, 2.05) is 0 Å². The second-order valence-electron chi connectivity index (χ2n) is 6.71. The number of amides is 1. The molecule has 1 saturated heterocycles. The monoisotopic (exact) mass is 281 g/mol. The molecule has 4 nitrogen and oxygen atoms in total. The number of likely N-dealkylation sites (tertiary alicyclic amines) is 1. The normalized spacial score (nSPS) is 29.3. The molecule has 1 aliphatic carbocycles. The quantitative estimate of drug-likeness (QED) is 0.809. The molecule has 0 bridgehead atoms. The van der Waals surface area contributed by atoms with E-state index in [-0.39, 0.29) is 5.91 Å². The van der Waals surface area contributed by atoms with Crippen LogP contribution in [0.2, 0.25) is 0 Å². The summed E-state index contributed by atoms with van der Waals surface area (Å²) < 4.78 is 0. The molecule has 1 aliphatic heterocycles. The lowest BCUT2D eigenvalue weighted by Gasteiger charge is -2.37. The van der Waals surface area contributed by atoms with Gasteiger partial charge < -0.3 is 11.1 Å². The molecule has 116 valence electrons. The van der Waals surface area contributed by atoms with E-state index in [2.05, 4.69) is 17.1 Å². The molecule has 2 fully saturated rings. The Hall–Kier alpha value is -0.610. The van der Waals surface area contributed by atoms with Gasteiger partial charge in [0.1, 0.15) is 0 Å². The Morgan fingerprint density at radius 1 is 1.25 bits per heavy atom. The average molecular weight is 281 g/mol.